The van der Waals surface area contributed by atoms with E-state index in [2.05, 4.69) is 5.32 Å². The van der Waals surface area contributed by atoms with Gasteiger partial charge in [-0.05, 0) is 48.9 Å². The molecule has 1 aliphatic rings. The molecule has 4 rings (SSSR count). The number of anilines is 2. The maximum absolute atomic E-state index is 14.6. The number of carbonyl (C=O) groups excluding carboxylic acids is 2. The van der Waals surface area contributed by atoms with Gasteiger partial charge in [0, 0.05) is 0 Å². The van der Waals surface area contributed by atoms with Crippen LogP contribution in [0.1, 0.15) is 12.5 Å². The number of nitrogens with zero attached hydrogens (tertiary/aromatic N) is 1. The molecule has 0 saturated carbocycles. The Labute approximate surface area is 196 Å². The van der Waals surface area contributed by atoms with Crippen molar-refractivity contribution in [3.05, 3.63) is 83.8 Å². The molecular formula is C26H23FN2O5. The van der Waals surface area contributed by atoms with E-state index in [9.17, 15) is 14.0 Å². The second-order valence-corrected chi connectivity index (χ2v) is 7.27. The Kier molecular flexibility index (Phi) is 6.49. The van der Waals surface area contributed by atoms with E-state index in [-0.39, 0.29) is 17.0 Å². The number of para-hydroxylation sites is 3. The van der Waals surface area contributed by atoms with Gasteiger partial charge >= 0.3 is 0 Å². The fraction of sp³-hybridized carbons (Fsp3) is 0.154. The Balaban J connectivity index is 1.88. The minimum atomic E-state index is -0.689. The average Bonchev–Trinajstić information content (AvgIpc) is 3.09. The number of hydrogen-bond acceptors (Lipinski definition) is 6. The zero-order valence-electron chi connectivity index (χ0n) is 18.9. The first-order valence-corrected chi connectivity index (χ1v) is 10.6. The number of rotatable bonds is 8. The van der Waals surface area contributed by atoms with Crippen LogP contribution in [0, 0.1) is 5.82 Å². The Morgan fingerprint density at radius 1 is 0.853 bits per heavy atom. The molecule has 0 aromatic heterocycles. The Bertz CT molecular complexity index is 1290. The van der Waals surface area contributed by atoms with Gasteiger partial charge in [-0.15, -0.1) is 0 Å². The van der Waals surface area contributed by atoms with Crippen molar-refractivity contribution in [3.63, 3.8) is 0 Å². The predicted octanol–water partition coefficient (Wildman–Crippen LogP) is 4.64. The van der Waals surface area contributed by atoms with Gasteiger partial charge in [0.25, 0.3) is 11.8 Å². The number of imide groups is 1. The molecule has 34 heavy (non-hydrogen) atoms. The van der Waals surface area contributed by atoms with E-state index in [0.29, 0.717) is 35.1 Å². The minimum Gasteiger partial charge on any atom is -0.493 e. The number of carbonyl (C=O) groups is 2. The molecule has 8 heteroatoms. The van der Waals surface area contributed by atoms with Crippen molar-refractivity contribution >= 4 is 28.8 Å². The van der Waals surface area contributed by atoms with Crippen LogP contribution in [0.5, 0.6) is 17.2 Å². The third-order valence-electron chi connectivity index (χ3n) is 5.30. The van der Waals surface area contributed by atoms with Gasteiger partial charge in [0.05, 0.1) is 37.8 Å². The Morgan fingerprint density at radius 2 is 1.56 bits per heavy atom. The van der Waals surface area contributed by atoms with Gasteiger partial charge in [-0.1, -0.05) is 30.3 Å². The average molecular weight is 462 g/mol. The Morgan fingerprint density at radius 3 is 2.26 bits per heavy atom. The summed E-state index contributed by atoms with van der Waals surface area (Å²) >= 11 is 0. The predicted molar refractivity (Wildman–Crippen MR) is 127 cm³/mol. The van der Waals surface area contributed by atoms with Crippen LogP contribution in [0.3, 0.4) is 0 Å². The first kappa shape index (κ1) is 22.8. The molecule has 0 fully saturated rings. The maximum Gasteiger partial charge on any atom is 0.282 e. The van der Waals surface area contributed by atoms with Crippen LogP contribution < -0.4 is 24.4 Å². The lowest BCUT2D eigenvalue weighted by atomic mass is 10.0. The quantitative estimate of drug-likeness (QED) is 0.492. The van der Waals surface area contributed by atoms with Crippen LogP contribution in [-0.4, -0.2) is 32.6 Å². The van der Waals surface area contributed by atoms with E-state index in [4.69, 9.17) is 14.2 Å². The van der Waals surface area contributed by atoms with Gasteiger partial charge in [0.1, 0.15) is 17.3 Å². The molecule has 7 nitrogen and oxygen atoms in total. The summed E-state index contributed by atoms with van der Waals surface area (Å²) in [6.45, 7) is 2.25. The fourth-order valence-electron chi connectivity index (χ4n) is 3.74. The molecule has 3 aromatic carbocycles. The highest BCUT2D eigenvalue weighted by atomic mass is 19.1. The van der Waals surface area contributed by atoms with E-state index < -0.39 is 17.6 Å². The second-order valence-electron chi connectivity index (χ2n) is 7.27. The molecule has 0 atom stereocenters. The highest BCUT2D eigenvalue weighted by Gasteiger charge is 2.41. The fourth-order valence-corrected chi connectivity index (χ4v) is 3.74. The monoisotopic (exact) mass is 462 g/mol. The van der Waals surface area contributed by atoms with Crippen LogP contribution in [0.2, 0.25) is 0 Å². The van der Waals surface area contributed by atoms with Crippen molar-refractivity contribution in [1.29, 1.82) is 0 Å². The zero-order chi connectivity index (χ0) is 24.2. The van der Waals surface area contributed by atoms with Crippen molar-refractivity contribution in [3.8, 4) is 17.2 Å². The standard InChI is InChI=1S/C26H23FN2O5/c1-4-34-20-12-8-6-10-18(20)28-24-23(16-13-14-21(32-2)22(15-16)33-3)25(30)29(26(24)31)19-11-7-5-9-17(19)27/h5-15,28H,4H2,1-3H3. The van der Waals surface area contributed by atoms with Crippen molar-refractivity contribution < 1.29 is 28.2 Å². The van der Waals surface area contributed by atoms with Gasteiger partial charge in [0.2, 0.25) is 0 Å². The van der Waals surface area contributed by atoms with Crippen LogP contribution in [0.4, 0.5) is 15.8 Å². The lowest BCUT2D eigenvalue weighted by molar-refractivity contribution is -0.120. The van der Waals surface area contributed by atoms with Crippen molar-refractivity contribution in [2.75, 3.05) is 31.0 Å². The minimum absolute atomic E-state index is 0.00683. The lowest BCUT2D eigenvalue weighted by Crippen LogP contribution is -2.33. The molecule has 0 bridgehead atoms. The lowest BCUT2D eigenvalue weighted by Gasteiger charge is -2.16. The maximum atomic E-state index is 14.6. The highest BCUT2D eigenvalue weighted by Crippen LogP contribution is 2.39. The summed E-state index contributed by atoms with van der Waals surface area (Å²) in [6.07, 6.45) is 0. The molecule has 0 unspecified atom stereocenters. The van der Waals surface area contributed by atoms with Crippen LogP contribution in [-0.2, 0) is 9.59 Å². The molecule has 0 aliphatic carbocycles. The number of ether oxygens (including phenoxy) is 3. The molecule has 174 valence electrons. The van der Waals surface area contributed by atoms with E-state index in [1.54, 1.807) is 48.5 Å². The molecule has 0 radical (unpaired) electrons. The Hall–Kier alpha value is -4.33. The smallest absolute Gasteiger partial charge is 0.282 e. The SMILES string of the molecule is CCOc1ccccc1NC1=C(c2ccc(OC)c(OC)c2)C(=O)N(c2ccccc2F)C1=O. The summed E-state index contributed by atoms with van der Waals surface area (Å²) in [4.78, 5) is 27.9. The van der Waals surface area contributed by atoms with Gasteiger partial charge < -0.3 is 19.5 Å². The molecule has 1 aliphatic heterocycles. The number of benzene rings is 3. The van der Waals surface area contributed by atoms with Crippen molar-refractivity contribution in [2.24, 2.45) is 0 Å². The summed E-state index contributed by atoms with van der Waals surface area (Å²) in [6, 6.07) is 17.6. The molecule has 2 amide bonds. The number of halogens is 1. The van der Waals surface area contributed by atoms with Crippen molar-refractivity contribution in [2.45, 2.75) is 6.92 Å². The van der Waals surface area contributed by atoms with Gasteiger partial charge in [-0.2, -0.15) is 0 Å². The van der Waals surface area contributed by atoms with Crippen LogP contribution in [0.25, 0.3) is 5.57 Å². The molecule has 0 spiro atoms. The van der Waals surface area contributed by atoms with Gasteiger partial charge in [0.15, 0.2) is 11.5 Å². The first-order chi connectivity index (χ1) is 16.5. The van der Waals surface area contributed by atoms with Crippen LogP contribution in [0.15, 0.2) is 72.4 Å². The number of amides is 2. The topological polar surface area (TPSA) is 77.1 Å². The van der Waals surface area contributed by atoms with E-state index >= 15 is 0 Å². The largest absolute Gasteiger partial charge is 0.493 e. The number of hydrogen-bond donors (Lipinski definition) is 1. The van der Waals surface area contributed by atoms with E-state index in [1.165, 1.54) is 32.4 Å². The number of nitrogens with one attached hydrogen (secondary N) is 1. The first-order valence-electron chi connectivity index (χ1n) is 10.6. The highest BCUT2D eigenvalue weighted by molar-refractivity contribution is 6.46. The second kappa shape index (κ2) is 9.66. The summed E-state index contributed by atoms with van der Waals surface area (Å²) in [5, 5.41) is 3.06. The molecule has 1 N–H and O–H groups in total. The third-order valence-corrected chi connectivity index (χ3v) is 5.30. The van der Waals surface area contributed by atoms with Crippen LogP contribution >= 0.6 is 0 Å². The third kappa shape index (κ3) is 4.05. The van der Waals surface area contributed by atoms with Crippen molar-refractivity contribution in [1.82, 2.24) is 0 Å². The summed E-state index contributed by atoms with van der Waals surface area (Å²) in [7, 11) is 2.97. The number of methoxy groups -OCH3 is 2. The van der Waals surface area contributed by atoms with E-state index in [1.807, 2.05) is 6.92 Å². The molecule has 1 heterocycles. The normalized spacial score (nSPS) is 13.4. The zero-order valence-corrected chi connectivity index (χ0v) is 18.9. The molecule has 0 saturated heterocycles. The summed E-state index contributed by atoms with van der Waals surface area (Å²) in [5.74, 6) is -0.692. The van der Waals surface area contributed by atoms with E-state index in [0.717, 1.165) is 4.90 Å². The van der Waals surface area contributed by atoms with Gasteiger partial charge in [-0.3, -0.25) is 9.59 Å². The summed E-state index contributed by atoms with van der Waals surface area (Å²) in [5.41, 5.74) is 0.832. The molecule has 3 aromatic rings. The molecular weight excluding hydrogens is 439 g/mol. The van der Waals surface area contributed by atoms with Gasteiger partial charge in [-0.25, -0.2) is 9.29 Å². The summed E-state index contributed by atoms with van der Waals surface area (Å²) < 4.78 is 30.9.